The van der Waals surface area contributed by atoms with E-state index in [4.69, 9.17) is 22.9 Å². The Bertz CT molecular complexity index is 709. The van der Waals surface area contributed by atoms with Crippen LogP contribution < -0.4 is 38.9 Å². The third-order valence-corrected chi connectivity index (χ3v) is 5.93. The van der Waals surface area contributed by atoms with Gasteiger partial charge in [-0.1, -0.05) is 6.42 Å². The van der Waals surface area contributed by atoms with Gasteiger partial charge in [0.05, 0.1) is 6.04 Å². The van der Waals surface area contributed by atoms with E-state index in [0.29, 0.717) is 38.0 Å². The van der Waals surface area contributed by atoms with Crippen LogP contribution in [0, 0.1) is 0 Å². The predicted octanol–water partition coefficient (Wildman–Crippen LogP) is -2.28. The van der Waals surface area contributed by atoms with Crippen molar-refractivity contribution < 1.29 is 24.3 Å². The van der Waals surface area contributed by atoms with Crippen molar-refractivity contribution in [3.63, 3.8) is 0 Å². The zero-order valence-electron chi connectivity index (χ0n) is 20.1. The number of hydrogen-bond donors (Lipinski definition) is 9. The van der Waals surface area contributed by atoms with Crippen LogP contribution >= 0.6 is 24.4 Å². The molecule has 0 saturated heterocycles. The molecule has 3 amide bonds. The van der Waals surface area contributed by atoms with Gasteiger partial charge in [-0.15, -0.1) is 0 Å². The minimum absolute atomic E-state index is 0.0829. The molecular formula is C20H40N8O5S2. The molecule has 0 saturated carbocycles. The smallest absolute Gasteiger partial charge is 0.326 e. The molecule has 0 aliphatic carbocycles. The number of thioether (sulfide) groups is 1. The van der Waals surface area contributed by atoms with Crippen LogP contribution in [0.25, 0.3) is 0 Å². The number of carboxylic acid groups (broad SMARTS) is 1. The first-order valence-electron chi connectivity index (χ1n) is 11.3. The number of carboxylic acids is 1. The van der Waals surface area contributed by atoms with Crippen LogP contribution in [0.5, 0.6) is 0 Å². The van der Waals surface area contributed by atoms with Gasteiger partial charge in [0, 0.05) is 12.3 Å². The number of aliphatic carboxylic acids is 1. The summed E-state index contributed by atoms with van der Waals surface area (Å²) in [6, 6.07) is -4.02. The predicted molar refractivity (Wildman–Crippen MR) is 141 cm³/mol. The van der Waals surface area contributed by atoms with Crippen LogP contribution in [0.4, 0.5) is 0 Å². The fraction of sp³-hybridized carbons (Fsp3) is 0.750. The largest absolute Gasteiger partial charge is 0.480 e. The van der Waals surface area contributed by atoms with Gasteiger partial charge in [-0.05, 0) is 50.7 Å². The average molecular weight is 537 g/mol. The van der Waals surface area contributed by atoms with E-state index in [1.165, 1.54) is 11.8 Å². The topological polar surface area (TPSA) is 241 Å². The highest BCUT2D eigenvalue weighted by Gasteiger charge is 2.29. The van der Waals surface area contributed by atoms with Crippen LogP contribution in [0.3, 0.4) is 0 Å². The molecule has 0 aromatic rings. The standard InChI is InChI=1S/C20H40N8O5S2/c1-35-10-7-13(26-16(29)12(22)5-2-3-8-21)17(30)28-15(11-34)18(31)27-14(19(32)33)6-4-9-25-20(23)24/h12-15,34H,2-11,21-22H2,1H3,(H,26,29)(H,27,31)(H,28,30)(H,32,33)(H4,23,24,25). The Morgan fingerprint density at radius 1 is 0.914 bits per heavy atom. The van der Waals surface area contributed by atoms with E-state index in [-0.39, 0.29) is 24.7 Å². The molecule has 4 unspecified atom stereocenters. The lowest BCUT2D eigenvalue weighted by Gasteiger charge is -2.24. The summed E-state index contributed by atoms with van der Waals surface area (Å²) >= 11 is 5.60. The summed E-state index contributed by atoms with van der Waals surface area (Å²) < 4.78 is 0. The van der Waals surface area contributed by atoms with Gasteiger partial charge < -0.3 is 44.0 Å². The number of aliphatic imine (C=N–C) groups is 1. The molecular weight excluding hydrogens is 496 g/mol. The van der Waals surface area contributed by atoms with E-state index in [1.54, 1.807) is 0 Å². The van der Waals surface area contributed by atoms with Crippen molar-refractivity contribution in [2.24, 2.45) is 27.9 Å². The summed E-state index contributed by atoms with van der Waals surface area (Å²) in [5.41, 5.74) is 21.8. The minimum Gasteiger partial charge on any atom is -0.480 e. The second-order valence-corrected chi connectivity index (χ2v) is 9.18. The Hall–Kier alpha value is -2.23. The molecule has 202 valence electrons. The number of carbonyl (C=O) groups excluding carboxylic acids is 3. The van der Waals surface area contributed by atoms with Crippen molar-refractivity contribution in [1.29, 1.82) is 0 Å². The zero-order valence-corrected chi connectivity index (χ0v) is 21.8. The number of nitrogens with zero attached hydrogens (tertiary/aromatic N) is 1. The van der Waals surface area contributed by atoms with Crippen molar-refractivity contribution in [3.05, 3.63) is 0 Å². The summed E-state index contributed by atoms with van der Waals surface area (Å²) in [5.74, 6) is -2.62. The maximum atomic E-state index is 12.9. The van der Waals surface area contributed by atoms with Crippen LogP contribution in [0.15, 0.2) is 4.99 Å². The Kier molecular flexibility index (Phi) is 17.8. The first-order valence-corrected chi connectivity index (χ1v) is 13.3. The molecule has 12 N–H and O–H groups in total. The molecule has 0 rings (SSSR count). The molecule has 0 heterocycles. The van der Waals surface area contributed by atoms with E-state index in [9.17, 15) is 24.3 Å². The van der Waals surface area contributed by atoms with Crippen molar-refractivity contribution in [1.82, 2.24) is 16.0 Å². The highest BCUT2D eigenvalue weighted by atomic mass is 32.2. The lowest BCUT2D eigenvalue weighted by atomic mass is 10.1. The molecule has 0 aromatic heterocycles. The van der Waals surface area contributed by atoms with Gasteiger partial charge in [-0.2, -0.15) is 24.4 Å². The third-order valence-electron chi connectivity index (χ3n) is 4.93. The molecule has 0 aliphatic heterocycles. The number of carbonyl (C=O) groups is 4. The first kappa shape index (κ1) is 32.8. The SMILES string of the molecule is CSCCC(NC(=O)C(N)CCCCN)C(=O)NC(CS)C(=O)NC(CCCN=C(N)N)C(=O)O. The summed E-state index contributed by atoms with van der Waals surface area (Å²) in [7, 11) is 0. The molecule has 0 aromatic carbocycles. The molecule has 13 nitrogen and oxygen atoms in total. The van der Waals surface area contributed by atoms with Gasteiger partial charge in [-0.3, -0.25) is 19.4 Å². The van der Waals surface area contributed by atoms with Gasteiger partial charge in [0.2, 0.25) is 17.7 Å². The van der Waals surface area contributed by atoms with Gasteiger partial charge in [-0.25, -0.2) is 4.79 Å². The second kappa shape index (κ2) is 19.0. The minimum atomic E-state index is -1.24. The monoisotopic (exact) mass is 536 g/mol. The number of hydrogen-bond acceptors (Lipinski definition) is 9. The summed E-state index contributed by atoms with van der Waals surface area (Å²) in [5, 5.41) is 17.0. The van der Waals surface area contributed by atoms with Crippen molar-refractivity contribution in [2.75, 3.05) is 30.9 Å². The Morgan fingerprint density at radius 2 is 1.51 bits per heavy atom. The molecule has 0 radical (unpaired) electrons. The molecule has 0 fully saturated rings. The zero-order chi connectivity index (χ0) is 26.8. The van der Waals surface area contributed by atoms with Gasteiger partial charge in [0.25, 0.3) is 0 Å². The van der Waals surface area contributed by atoms with E-state index in [1.807, 2.05) is 6.26 Å². The molecule has 15 heteroatoms. The van der Waals surface area contributed by atoms with Crippen LogP contribution in [-0.2, 0) is 19.2 Å². The normalized spacial score (nSPS) is 14.2. The number of nitrogens with one attached hydrogen (secondary N) is 3. The molecule has 4 atom stereocenters. The van der Waals surface area contributed by atoms with E-state index in [2.05, 4.69) is 33.6 Å². The highest BCUT2D eigenvalue weighted by molar-refractivity contribution is 7.98. The lowest BCUT2D eigenvalue weighted by molar-refractivity contribution is -0.142. The number of amides is 3. The van der Waals surface area contributed by atoms with E-state index >= 15 is 0 Å². The molecule has 0 bridgehead atoms. The number of rotatable bonds is 19. The average Bonchev–Trinajstić information content (AvgIpc) is 2.81. The van der Waals surface area contributed by atoms with Crippen molar-refractivity contribution >= 4 is 54.0 Å². The Labute approximate surface area is 215 Å². The maximum absolute atomic E-state index is 12.9. The van der Waals surface area contributed by atoms with Gasteiger partial charge in [0.1, 0.15) is 18.1 Å². The number of nitrogens with two attached hydrogens (primary N) is 4. The number of guanidine groups is 1. The van der Waals surface area contributed by atoms with Crippen molar-refractivity contribution in [3.8, 4) is 0 Å². The first-order chi connectivity index (χ1) is 16.6. The number of thiol groups is 1. The van der Waals surface area contributed by atoms with Gasteiger partial charge >= 0.3 is 5.97 Å². The molecule has 0 spiro atoms. The summed E-state index contributed by atoms with van der Waals surface area (Å²) in [6.07, 6.45) is 4.44. The Balaban J connectivity index is 5.10. The maximum Gasteiger partial charge on any atom is 0.326 e. The van der Waals surface area contributed by atoms with Crippen molar-refractivity contribution in [2.45, 2.75) is 62.7 Å². The lowest BCUT2D eigenvalue weighted by Crippen LogP contribution is -2.57. The molecule has 35 heavy (non-hydrogen) atoms. The van der Waals surface area contributed by atoms with E-state index < -0.39 is 47.9 Å². The third kappa shape index (κ3) is 14.7. The number of unbranched alkanes of at least 4 members (excludes halogenated alkanes) is 1. The van der Waals surface area contributed by atoms with Gasteiger partial charge in [0.15, 0.2) is 5.96 Å². The summed E-state index contributed by atoms with van der Waals surface area (Å²) in [6.45, 7) is 0.708. The fourth-order valence-electron chi connectivity index (χ4n) is 2.92. The fourth-order valence-corrected chi connectivity index (χ4v) is 3.65. The van der Waals surface area contributed by atoms with Crippen LogP contribution in [0.2, 0.25) is 0 Å². The van der Waals surface area contributed by atoms with Crippen LogP contribution in [-0.4, -0.2) is 89.8 Å². The Morgan fingerprint density at radius 3 is 2.06 bits per heavy atom. The van der Waals surface area contributed by atoms with Crippen LogP contribution in [0.1, 0.15) is 38.5 Å². The molecule has 0 aliphatic rings. The second-order valence-electron chi connectivity index (χ2n) is 7.83. The quantitative estimate of drug-likeness (QED) is 0.0370. The van der Waals surface area contributed by atoms with E-state index in [0.717, 1.165) is 6.42 Å². The summed E-state index contributed by atoms with van der Waals surface area (Å²) in [4.78, 5) is 53.3. The highest BCUT2D eigenvalue weighted by Crippen LogP contribution is 2.05.